The normalized spacial score (nSPS) is 10.9. The van der Waals surface area contributed by atoms with Crippen molar-refractivity contribution in [2.24, 2.45) is 0 Å². The summed E-state index contributed by atoms with van der Waals surface area (Å²) >= 11 is 0. The zero-order valence-electron chi connectivity index (χ0n) is 17.3. The number of rotatable bonds is 6. The number of pyridine rings is 1. The molecule has 0 saturated heterocycles. The minimum atomic E-state index is -0.436. The molecular weight excluding hydrogens is 374 g/mol. The first kappa shape index (κ1) is 20.8. The molecule has 5 heteroatoms. The molecule has 3 rings (SSSR count). The number of carbonyl (C=O) groups is 1. The van der Waals surface area contributed by atoms with E-state index in [-0.39, 0.29) is 5.57 Å². The monoisotopic (exact) mass is 397 g/mol. The number of hydrogen-bond donors (Lipinski definition) is 1. The largest absolute Gasteiger partial charge is 0.487 e. The van der Waals surface area contributed by atoms with Crippen molar-refractivity contribution in [3.8, 4) is 11.8 Å². The van der Waals surface area contributed by atoms with Crippen molar-refractivity contribution in [1.29, 1.82) is 5.26 Å². The highest BCUT2D eigenvalue weighted by Crippen LogP contribution is 2.27. The van der Waals surface area contributed by atoms with Crippen LogP contribution < -0.4 is 10.1 Å². The second-order valence-electron chi connectivity index (χ2n) is 7.09. The van der Waals surface area contributed by atoms with Crippen molar-refractivity contribution < 1.29 is 9.53 Å². The van der Waals surface area contributed by atoms with Crippen LogP contribution in [0, 0.1) is 32.1 Å². The summed E-state index contributed by atoms with van der Waals surface area (Å²) in [6.07, 6.45) is 3.32. The summed E-state index contributed by atoms with van der Waals surface area (Å²) in [6, 6.07) is 18.9. The van der Waals surface area contributed by atoms with Crippen molar-refractivity contribution in [3.05, 3.63) is 94.3 Å². The lowest BCUT2D eigenvalue weighted by molar-refractivity contribution is -0.112. The van der Waals surface area contributed by atoms with E-state index in [1.165, 1.54) is 0 Å². The van der Waals surface area contributed by atoms with E-state index in [2.05, 4.69) is 10.3 Å². The molecule has 1 aromatic heterocycles. The van der Waals surface area contributed by atoms with E-state index < -0.39 is 5.91 Å². The summed E-state index contributed by atoms with van der Waals surface area (Å²) in [5.74, 6) is 0.342. The number of benzene rings is 2. The molecule has 0 aliphatic rings. The average molecular weight is 397 g/mol. The number of nitrogens with zero attached hydrogens (tertiary/aromatic N) is 2. The van der Waals surface area contributed by atoms with Crippen LogP contribution in [-0.2, 0) is 11.4 Å². The Morgan fingerprint density at radius 3 is 2.50 bits per heavy atom. The smallest absolute Gasteiger partial charge is 0.266 e. The molecule has 0 aliphatic carbocycles. The van der Waals surface area contributed by atoms with Crippen molar-refractivity contribution in [2.75, 3.05) is 5.32 Å². The van der Waals surface area contributed by atoms with Crippen molar-refractivity contribution in [2.45, 2.75) is 27.4 Å². The fourth-order valence-electron chi connectivity index (χ4n) is 3.16. The van der Waals surface area contributed by atoms with Crippen molar-refractivity contribution in [1.82, 2.24) is 4.98 Å². The van der Waals surface area contributed by atoms with Gasteiger partial charge in [-0.05, 0) is 85.5 Å². The van der Waals surface area contributed by atoms with E-state index in [0.29, 0.717) is 12.3 Å². The minimum absolute atomic E-state index is 0.0393. The maximum atomic E-state index is 12.5. The van der Waals surface area contributed by atoms with Crippen LogP contribution in [0.2, 0.25) is 0 Å². The molecular formula is C25H23N3O2. The molecule has 30 heavy (non-hydrogen) atoms. The Hall–Kier alpha value is -3.91. The maximum absolute atomic E-state index is 12.5. The van der Waals surface area contributed by atoms with Crippen LogP contribution in [-0.4, -0.2) is 10.9 Å². The lowest BCUT2D eigenvalue weighted by Crippen LogP contribution is -2.13. The highest BCUT2D eigenvalue weighted by Gasteiger charge is 2.12. The standard InChI is InChI=1S/C25H23N3O2/c1-17-7-6-9-22(11-17)28-25(29)21(15-26)14-20-12-18(2)24(19(3)13-20)30-16-23-8-4-5-10-27-23/h4-14H,16H2,1-3H3,(H,28,29)/b21-14-. The number of hydrogen-bond acceptors (Lipinski definition) is 4. The molecule has 0 unspecified atom stereocenters. The SMILES string of the molecule is Cc1cccc(NC(=O)/C(C#N)=C\c2cc(C)c(OCc3ccccn3)c(C)c2)c1. The van der Waals surface area contributed by atoms with E-state index >= 15 is 0 Å². The van der Waals surface area contributed by atoms with Gasteiger partial charge in [-0.25, -0.2) is 0 Å². The Bertz CT molecular complexity index is 1110. The Balaban J connectivity index is 1.77. The van der Waals surface area contributed by atoms with Gasteiger partial charge in [0.15, 0.2) is 0 Å². The van der Waals surface area contributed by atoms with Crippen molar-refractivity contribution in [3.63, 3.8) is 0 Å². The number of nitrogens with one attached hydrogen (secondary N) is 1. The predicted octanol–water partition coefficient (Wildman–Crippen LogP) is 5.13. The van der Waals surface area contributed by atoms with Crippen LogP contribution in [0.25, 0.3) is 6.08 Å². The fraction of sp³-hybridized carbons (Fsp3) is 0.160. The van der Waals surface area contributed by atoms with Gasteiger partial charge in [0.05, 0.1) is 5.69 Å². The summed E-state index contributed by atoms with van der Waals surface area (Å²) in [7, 11) is 0. The Morgan fingerprint density at radius 1 is 1.10 bits per heavy atom. The number of aryl methyl sites for hydroxylation is 3. The Labute approximate surface area is 176 Å². The van der Waals surface area contributed by atoms with Crippen LogP contribution in [0.5, 0.6) is 5.75 Å². The molecule has 150 valence electrons. The second-order valence-corrected chi connectivity index (χ2v) is 7.09. The van der Waals surface area contributed by atoms with E-state index in [0.717, 1.165) is 33.7 Å². The summed E-state index contributed by atoms with van der Waals surface area (Å²) in [5.41, 5.74) is 5.19. The fourth-order valence-corrected chi connectivity index (χ4v) is 3.16. The van der Waals surface area contributed by atoms with Gasteiger partial charge in [0, 0.05) is 11.9 Å². The van der Waals surface area contributed by atoms with E-state index in [1.807, 2.05) is 75.4 Å². The summed E-state index contributed by atoms with van der Waals surface area (Å²) in [5, 5.41) is 12.3. The van der Waals surface area contributed by atoms with Gasteiger partial charge >= 0.3 is 0 Å². The van der Waals surface area contributed by atoms with E-state index in [9.17, 15) is 10.1 Å². The van der Waals surface area contributed by atoms with Gasteiger partial charge in [-0.15, -0.1) is 0 Å². The first-order valence-corrected chi connectivity index (χ1v) is 9.60. The summed E-state index contributed by atoms with van der Waals surface area (Å²) in [6.45, 7) is 6.20. The quantitative estimate of drug-likeness (QED) is 0.462. The van der Waals surface area contributed by atoms with E-state index in [1.54, 1.807) is 18.3 Å². The molecule has 2 aromatic carbocycles. The van der Waals surface area contributed by atoms with Gasteiger partial charge in [-0.2, -0.15) is 5.26 Å². The second kappa shape index (κ2) is 9.53. The maximum Gasteiger partial charge on any atom is 0.266 e. The van der Waals surface area contributed by atoms with Crippen LogP contribution in [0.3, 0.4) is 0 Å². The number of carbonyl (C=O) groups excluding carboxylic acids is 1. The number of amides is 1. The van der Waals surface area contributed by atoms with Crippen LogP contribution >= 0.6 is 0 Å². The molecule has 1 heterocycles. The van der Waals surface area contributed by atoms with Gasteiger partial charge in [0.25, 0.3) is 5.91 Å². The molecule has 0 fully saturated rings. The first-order valence-electron chi connectivity index (χ1n) is 9.60. The number of anilines is 1. The Kier molecular flexibility index (Phi) is 6.61. The topological polar surface area (TPSA) is 75.0 Å². The molecule has 1 amide bonds. The van der Waals surface area contributed by atoms with Gasteiger partial charge in [-0.3, -0.25) is 9.78 Å². The van der Waals surface area contributed by atoms with Gasteiger partial charge in [0.1, 0.15) is 24.0 Å². The van der Waals surface area contributed by atoms with Gasteiger partial charge < -0.3 is 10.1 Å². The summed E-state index contributed by atoms with van der Waals surface area (Å²) < 4.78 is 5.95. The molecule has 0 bridgehead atoms. The Morgan fingerprint density at radius 2 is 1.87 bits per heavy atom. The minimum Gasteiger partial charge on any atom is -0.487 e. The lowest BCUT2D eigenvalue weighted by atomic mass is 10.0. The third-order valence-electron chi connectivity index (χ3n) is 4.53. The van der Waals surface area contributed by atoms with Gasteiger partial charge in [0.2, 0.25) is 0 Å². The molecule has 5 nitrogen and oxygen atoms in total. The zero-order chi connectivity index (χ0) is 21.5. The highest BCUT2D eigenvalue weighted by molar-refractivity contribution is 6.09. The van der Waals surface area contributed by atoms with Crippen LogP contribution in [0.1, 0.15) is 27.9 Å². The summed E-state index contributed by atoms with van der Waals surface area (Å²) in [4.78, 5) is 16.8. The molecule has 1 N–H and O–H groups in total. The van der Waals surface area contributed by atoms with Crippen molar-refractivity contribution >= 4 is 17.7 Å². The molecule has 0 saturated carbocycles. The number of ether oxygens (including phenoxy) is 1. The third kappa shape index (κ3) is 5.33. The molecule has 0 atom stereocenters. The lowest BCUT2D eigenvalue weighted by Gasteiger charge is -2.13. The predicted molar refractivity (Wildman–Crippen MR) is 118 cm³/mol. The van der Waals surface area contributed by atoms with E-state index in [4.69, 9.17) is 4.74 Å². The highest BCUT2D eigenvalue weighted by atomic mass is 16.5. The number of nitriles is 1. The van der Waals surface area contributed by atoms with Crippen LogP contribution in [0.15, 0.2) is 66.4 Å². The van der Waals surface area contributed by atoms with Gasteiger partial charge in [-0.1, -0.05) is 18.2 Å². The van der Waals surface area contributed by atoms with Crippen LogP contribution in [0.4, 0.5) is 5.69 Å². The first-order chi connectivity index (χ1) is 14.5. The zero-order valence-corrected chi connectivity index (χ0v) is 17.3. The average Bonchev–Trinajstić information content (AvgIpc) is 2.72. The molecule has 3 aromatic rings. The number of aromatic nitrogens is 1. The molecule has 0 spiro atoms. The molecule has 0 aliphatic heterocycles. The third-order valence-corrected chi connectivity index (χ3v) is 4.53. The molecule has 0 radical (unpaired) electrons.